The molecule has 0 bridgehead atoms. The normalized spacial score (nSPS) is 10.8. The van der Waals surface area contributed by atoms with E-state index < -0.39 is 10.0 Å². The van der Waals surface area contributed by atoms with Crippen molar-refractivity contribution in [3.63, 3.8) is 0 Å². The monoisotopic (exact) mass is 289 g/mol. The van der Waals surface area contributed by atoms with E-state index in [0.29, 0.717) is 12.2 Å². The van der Waals surface area contributed by atoms with Crippen molar-refractivity contribution in [2.24, 2.45) is 5.14 Å². The number of primary sulfonamides is 1. The van der Waals surface area contributed by atoms with Gasteiger partial charge in [0.15, 0.2) is 0 Å². The lowest BCUT2D eigenvalue weighted by Gasteiger charge is -2.05. The molecule has 0 radical (unpaired) electrons. The van der Waals surface area contributed by atoms with Gasteiger partial charge in [-0.25, -0.2) is 18.5 Å². The number of hydrogen-bond acceptors (Lipinski definition) is 5. The predicted octanol–water partition coefficient (Wildman–Crippen LogP) is 1.59. The Kier molecular flexibility index (Phi) is 3.98. The molecule has 0 aliphatic heterocycles. The molecule has 0 amide bonds. The number of nitriles is 1. The molecule has 0 spiro atoms. The van der Waals surface area contributed by atoms with Gasteiger partial charge in [-0.1, -0.05) is 12.1 Å². The molecule has 2 aromatic rings. The molecule has 1 aromatic carbocycles. The molecule has 7 heteroatoms. The summed E-state index contributed by atoms with van der Waals surface area (Å²) in [5.74, 6) is 0.799. The molecule has 1 heterocycles. The molecule has 0 atom stereocenters. The number of benzene rings is 1. The maximum Gasteiger partial charge on any atom is 0.239 e. The zero-order chi connectivity index (χ0) is 14.6. The van der Waals surface area contributed by atoms with Gasteiger partial charge in [0.25, 0.3) is 0 Å². The lowest BCUT2D eigenvalue weighted by Crippen LogP contribution is -2.12. The fourth-order valence-corrected chi connectivity index (χ4v) is 1.94. The van der Waals surface area contributed by atoms with E-state index in [-0.39, 0.29) is 10.8 Å². The van der Waals surface area contributed by atoms with E-state index in [9.17, 15) is 8.42 Å². The predicted molar refractivity (Wildman–Crippen MR) is 71.4 cm³/mol. The number of rotatable bonds is 4. The SMILES string of the molecule is N#CCc1ccc(Oc2ccc(S(N)(=O)=O)cn2)cc1. The quantitative estimate of drug-likeness (QED) is 0.919. The van der Waals surface area contributed by atoms with Crippen molar-refractivity contribution in [2.45, 2.75) is 11.3 Å². The van der Waals surface area contributed by atoms with E-state index in [1.54, 1.807) is 24.3 Å². The molecule has 2 N–H and O–H groups in total. The fourth-order valence-electron chi connectivity index (χ4n) is 1.48. The van der Waals surface area contributed by atoms with Crippen molar-refractivity contribution in [3.8, 4) is 17.7 Å². The van der Waals surface area contributed by atoms with Gasteiger partial charge >= 0.3 is 0 Å². The Hall–Kier alpha value is -2.43. The third-order valence-electron chi connectivity index (χ3n) is 2.47. The van der Waals surface area contributed by atoms with Crippen molar-refractivity contribution in [2.75, 3.05) is 0 Å². The van der Waals surface area contributed by atoms with Gasteiger partial charge in [-0.3, -0.25) is 0 Å². The Morgan fingerprint density at radius 2 is 1.90 bits per heavy atom. The van der Waals surface area contributed by atoms with Crippen LogP contribution in [0.15, 0.2) is 47.5 Å². The number of hydrogen-bond donors (Lipinski definition) is 1. The number of pyridine rings is 1. The van der Waals surface area contributed by atoms with Crippen LogP contribution in [0.3, 0.4) is 0 Å². The zero-order valence-electron chi connectivity index (χ0n) is 10.4. The smallest absolute Gasteiger partial charge is 0.239 e. The van der Waals surface area contributed by atoms with Crippen LogP contribution in [-0.4, -0.2) is 13.4 Å². The average Bonchev–Trinajstić information content (AvgIpc) is 2.41. The second kappa shape index (κ2) is 5.69. The number of sulfonamides is 1. The van der Waals surface area contributed by atoms with Crippen LogP contribution in [0.2, 0.25) is 0 Å². The number of nitrogens with zero attached hydrogens (tertiary/aromatic N) is 2. The van der Waals surface area contributed by atoms with Crippen LogP contribution in [0.4, 0.5) is 0 Å². The Morgan fingerprint density at radius 3 is 2.40 bits per heavy atom. The molecule has 1 aromatic heterocycles. The minimum absolute atomic E-state index is 0.0748. The van der Waals surface area contributed by atoms with E-state index in [0.717, 1.165) is 11.8 Å². The minimum Gasteiger partial charge on any atom is -0.439 e. The van der Waals surface area contributed by atoms with Gasteiger partial charge < -0.3 is 4.74 Å². The van der Waals surface area contributed by atoms with Crippen LogP contribution in [0, 0.1) is 11.3 Å². The third-order valence-corrected chi connectivity index (χ3v) is 3.37. The maximum absolute atomic E-state index is 11.1. The van der Waals surface area contributed by atoms with Gasteiger partial charge in [-0.15, -0.1) is 0 Å². The summed E-state index contributed by atoms with van der Waals surface area (Å²) in [5, 5.41) is 13.5. The number of nitrogens with two attached hydrogens (primary N) is 1. The second-order valence-corrected chi connectivity index (χ2v) is 5.52. The van der Waals surface area contributed by atoms with Gasteiger partial charge in [0.05, 0.1) is 18.7 Å². The summed E-state index contributed by atoms with van der Waals surface area (Å²) in [5.41, 5.74) is 0.886. The highest BCUT2D eigenvalue weighted by molar-refractivity contribution is 7.89. The molecule has 2 rings (SSSR count). The standard InChI is InChI=1S/C13H11N3O3S/c14-8-7-10-1-3-11(4-2-10)19-13-6-5-12(9-16-13)20(15,17)18/h1-6,9H,7H2,(H2,15,17,18). The first-order chi connectivity index (χ1) is 9.49. The fraction of sp³-hybridized carbons (Fsp3) is 0.0769. The minimum atomic E-state index is -3.75. The van der Waals surface area contributed by atoms with Crippen molar-refractivity contribution in [1.29, 1.82) is 5.26 Å². The lowest BCUT2D eigenvalue weighted by atomic mass is 10.2. The molecule has 0 unspecified atom stereocenters. The summed E-state index contributed by atoms with van der Waals surface area (Å²) in [6.07, 6.45) is 1.47. The van der Waals surface area contributed by atoms with Crippen LogP contribution in [0.1, 0.15) is 5.56 Å². The summed E-state index contributed by atoms with van der Waals surface area (Å²) in [7, 11) is -3.75. The Bertz CT molecular complexity index is 732. The first kappa shape index (κ1) is 14.0. The van der Waals surface area contributed by atoms with Crippen LogP contribution < -0.4 is 9.88 Å². The van der Waals surface area contributed by atoms with E-state index in [2.05, 4.69) is 11.1 Å². The topological polar surface area (TPSA) is 106 Å². The van der Waals surface area contributed by atoms with E-state index in [1.165, 1.54) is 12.1 Å². The first-order valence-electron chi connectivity index (χ1n) is 5.61. The van der Waals surface area contributed by atoms with Crippen molar-refractivity contribution in [3.05, 3.63) is 48.2 Å². The van der Waals surface area contributed by atoms with Crippen LogP contribution in [-0.2, 0) is 16.4 Å². The van der Waals surface area contributed by atoms with Gasteiger partial charge in [-0.2, -0.15) is 5.26 Å². The van der Waals surface area contributed by atoms with E-state index in [4.69, 9.17) is 15.1 Å². The molecular formula is C13H11N3O3S. The van der Waals surface area contributed by atoms with Crippen LogP contribution in [0.25, 0.3) is 0 Å². The third kappa shape index (κ3) is 3.54. The molecule has 6 nitrogen and oxygen atoms in total. The molecule has 0 saturated heterocycles. The van der Waals surface area contributed by atoms with Gasteiger partial charge in [-0.05, 0) is 23.8 Å². The Labute approximate surface area is 116 Å². The molecule has 102 valence electrons. The summed E-state index contributed by atoms with van der Waals surface area (Å²) >= 11 is 0. The first-order valence-corrected chi connectivity index (χ1v) is 7.16. The van der Waals surface area contributed by atoms with Crippen molar-refractivity contribution >= 4 is 10.0 Å². The number of ether oxygens (including phenoxy) is 1. The highest BCUT2D eigenvalue weighted by Crippen LogP contribution is 2.20. The molecule has 0 saturated carbocycles. The van der Waals surface area contributed by atoms with Gasteiger partial charge in [0.2, 0.25) is 15.9 Å². The summed E-state index contributed by atoms with van der Waals surface area (Å²) in [6.45, 7) is 0. The lowest BCUT2D eigenvalue weighted by molar-refractivity contribution is 0.462. The molecular weight excluding hydrogens is 278 g/mol. The Balaban J connectivity index is 2.12. The molecule has 20 heavy (non-hydrogen) atoms. The van der Waals surface area contributed by atoms with Crippen LogP contribution in [0.5, 0.6) is 11.6 Å². The highest BCUT2D eigenvalue weighted by Gasteiger charge is 2.08. The van der Waals surface area contributed by atoms with Crippen molar-refractivity contribution in [1.82, 2.24) is 4.98 Å². The molecule has 0 aliphatic carbocycles. The van der Waals surface area contributed by atoms with Gasteiger partial charge in [0.1, 0.15) is 10.6 Å². The zero-order valence-corrected chi connectivity index (χ0v) is 11.2. The summed E-state index contributed by atoms with van der Waals surface area (Å²) in [4.78, 5) is 3.79. The molecule has 0 fully saturated rings. The van der Waals surface area contributed by atoms with Crippen LogP contribution >= 0.6 is 0 Å². The van der Waals surface area contributed by atoms with E-state index >= 15 is 0 Å². The highest BCUT2D eigenvalue weighted by atomic mass is 32.2. The summed E-state index contributed by atoms with van der Waals surface area (Å²) < 4.78 is 27.6. The van der Waals surface area contributed by atoms with Gasteiger partial charge in [0, 0.05) is 6.07 Å². The average molecular weight is 289 g/mol. The maximum atomic E-state index is 11.1. The second-order valence-electron chi connectivity index (χ2n) is 3.96. The Morgan fingerprint density at radius 1 is 1.20 bits per heavy atom. The molecule has 0 aliphatic rings. The number of aromatic nitrogens is 1. The van der Waals surface area contributed by atoms with E-state index in [1.807, 2.05) is 0 Å². The summed E-state index contributed by atoms with van der Waals surface area (Å²) in [6, 6.07) is 11.8. The van der Waals surface area contributed by atoms with Crippen molar-refractivity contribution < 1.29 is 13.2 Å². The largest absolute Gasteiger partial charge is 0.439 e.